The molecule has 0 bridgehead atoms. The van der Waals surface area contributed by atoms with Crippen LogP contribution in [0.25, 0.3) is 33.9 Å². The van der Waals surface area contributed by atoms with Gasteiger partial charge in [-0.2, -0.15) is 4.98 Å². The van der Waals surface area contributed by atoms with E-state index in [1.54, 1.807) is 34.2 Å². The van der Waals surface area contributed by atoms with Gasteiger partial charge in [-0.15, -0.1) is 11.3 Å². The zero-order chi connectivity index (χ0) is 23.7. The second-order valence-electron chi connectivity index (χ2n) is 7.92. The van der Waals surface area contributed by atoms with Crippen LogP contribution in [0.5, 0.6) is 0 Å². The molecule has 0 fully saturated rings. The van der Waals surface area contributed by atoms with Crippen LogP contribution in [0, 0.1) is 13.8 Å². The first-order valence-electron chi connectivity index (χ1n) is 10.7. The van der Waals surface area contributed by atoms with Gasteiger partial charge in [0.05, 0.1) is 11.9 Å². The van der Waals surface area contributed by atoms with Gasteiger partial charge in [-0.05, 0) is 43.0 Å². The highest BCUT2D eigenvalue weighted by Gasteiger charge is 2.19. The Kier molecular flexibility index (Phi) is 5.77. The molecule has 0 atom stereocenters. The molecule has 4 heterocycles. The first-order valence-corrected chi connectivity index (χ1v) is 11.6. The molecule has 0 aliphatic carbocycles. The number of aryl methyl sites for hydroxylation is 2. The van der Waals surface area contributed by atoms with E-state index in [2.05, 4.69) is 20.4 Å². The van der Waals surface area contributed by atoms with Crippen molar-refractivity contribution in [2.45, 2.75) is 26.9 Å². The first-order chi connectivity index (χ1) is 16.5. The van der Waals surface area contributed by atoms with Crippen molar-refractivity contribution in [2.24, 2.45) is 0 Å². The Balaban J connectivity index is 1.54. The molecule has 4 aromatic heterocycles. The maximum absolute atomic E-state index is 13.3. The second kappa shape index (κ2) is 9.03. The standard InChI is InChI=1S/C25H21N5O3S/c1-15-6-3-4-8-18(15)23-28-25(33-29-23)20-13-30(14-21(31)26-12-17-7-5-11-34-17)24-19(22(20)32)10-9-16(2)27-24/h3-11,13H,12,14H2,1-2H3,(H,26,31). The van der Waals surface area contributed by atoms with E-state index in [1.165, 1.54) is 0 Å². The lowest BCUT2D eigenvalue weighted by Gasteiger charge is -2.12. The van der Waals surface area contributed by atoms with Crippen molar-refractivity contribution in [1.82, 2.24) is 25.0 Å². The molecule has 5 aromatic rings. The normalized spacial score (nSPS) is 11.1. The Hall–Kier alpha value is -4.11. The molecule has 170 valence electrons. The minimum Gasteiger partial charge on any atom is -0.350 e. The molecule has 1 amide bonds. The highest BCUT2D eigenvalue weighted by atomic mass is 32.1. The lowest BCUT2D eigenvalue weighted by Crippen LogP contribution is -2.28. The first kappa shape index (κ1) is 21.7. The molecule has 0 spiro atoms. The fourth-order valence-electron chi connectivity index (χ4n) is 3.71. The van der Waals surface area contributed by atoms with Gasteiger partial charge in [-0.1, -0.05) is 35.5 Å². The van der Waals surface area contributed by atoms with E-state index in [1.807, 2.05) is 55.6 Å². The van der Waals surface area contributed by atoms with Crippen LogP contribution in [0.4, 0.5) is 0 Å². The number of carbonyl (C=O) groups is 1. The third-order valence-electron chi connectivity index (χ3n) is 5.46. The van der Waals surface area contributed by atoms with Gasteiger partial charge < -0.3 is 14.4 Å². The summed E-state index contributed by atoms with van der Waals surface area (Å²) in [7, 11) is 0. The van der Waals surface area contributed by atoms with Gasteiger partial charge in [0.25, 0.3) is 5.89 Å². The third kappa shape index (κ3) is 4.25. The Labute approximate surface area is 198 Å². The number of rotatable bonds is 6. The number of hydrogen-bond donors (Lipinski definition) is 1. The molecule has 0 saturated heterocycles. The third-order valence-corrected chi connectivity index (χ3v) is 6.33. The minimum atomic E-state index is -0.280. The van der Waals surface area contributed by atoms with Gasteiger partial charge in [0.2, 0.25) is 17.2 Å². The number of benzene rings is 1. The number of pyridine rings is 2. The summed E-state index contributed by atoms with van der Waals surface area (Å²) in [4.78, 5) is 36.1. The lowest BCUT2D eigenvalue weighted by atomic mass is 10.1. The average Bonchev–Trinajstić information content (AvgIpc) is 3.52. The van der Waals surface area contributed by atoms with Gasteiger partial charge in [-0.3, -0.25) is 9.59 Å². The van der Waals surface area contributed by atoms with Crippen LogP contribution in [0.1, 0.15) is 16.1 Å². The maximum Gasteiger partial charge on any atom is 0.263 e. The predicted octanol–water partition coefficient (Wildman–Crippen LogP) is 4.11. The molecular formula is C25H21N5O3S. The zero-order valence-electron chi connectivity index (χ0n) is 18.6. The number of carbonyl (C=O) groups excluding carboxylic acids is 1. The topological polar surface area (TPSA) is 103 Å². The Bertz CT molecular complexity index is 1550. The Morgan fingerprint density at radius 2 is 1.91 bits per heavy atom. The van der Waals surface area contributed by atoms with Crippen molar-refractivity contribution in [2.75, 3.05) is 0 Å². The number of thiophene rings is 1. The molecule has 8 nitrogen and oxygen atoms in total. The van der Waals surface area contributed by atoms with E-state index in [0.29, 0.717) is 23.4 Å². The molecule has 0 aliphatic rings. The molecule has 9 heteroatoms. The molecule has 5 rings (SSSR count). The van der Waals surface area contributed by atoms with Crippen molar-refractivity contribution < 1.29 is 9.32 Å². The summed E-state index contributed by atoms with van der Waals surface area (Å²) in [6, 6.07) is 15.1. The Morgan fingerprint density at radius 3 is 2.71 bits per heavy atom. The summed E-state index contributed by atoms with van der Waals surface area (Å²) < 4.78 is 7.13. The number of hydrogen-bond acceptors (Lipinski definition) is 7. The smallest absolute Gasteiger partial charge is 0.263 e. The molecule has 0 aliphatic heterocycles. The summed E-state index contributed by atoms with van der Waals surface area (Å²) in [6.07, 6.45) is 1.57. The number of nitrogens with zero attached hydrogens (tertiary/aromatic N) is 4. The summed E-state index contributed by atoms with van der Waals surface area (Å²) in [5.74, 6) is 0.298. The van der Waals surface area contributed by atoms with E-state index >= 15 is 0 Å². The second-order valence-corrected chi connectivity index (χ2v) is 8.95. The number of amides is 1. The molecule has 0 saturated carbocycles. The van der Waals surface area contributed by atoms with Crippen LogP contribution in [0.3, 0.4) is 0 Å². The van der Waals surface area contributed by atoms with Gasteiger partial charge in [-0.25, -0.2) is 4.98 Å². The molecular weight excluding hydrogens is 450 g/mol. The van der Waals surface area contributed by atoms with Gasteiger partial charge in [0.1, 0.15) is 17.8 Å². The van der Waals surface area contributed by atoms with Crippen LogP contribution in [0.2, 0.25) is 0 Å². The zero-order valence-corrected chi connectivity index (χ0v) is 19.4. The van der Waals surface area contributed by atoms with Crippen molar-refractivity contribution in [3.05, 3.63) is 86.5 Å². The molecule has 1 N–H and O–H groups in total. The highest BCUT2D eigenvalue weighted by Crippen LogP contribution is 2.24. The quantitative estimate of drug-likeness (QED) is 0.400. The van der Waals surface area contributed by atoms with Crippen LogP contribution >= 0.6 is 11.3 Å². The largest absolute Gasteiger partial charge is 0.350 e. The number of fused-ring (bicyclic) bond motifs is 1. The molecule has 34 heavy (non-hydrogen) atoms. The van der Waals surface area contributed by atoms with E-state index in [-0.39, 0.29) is 29.3 Å². The number of aromatic nitrogens is 4. The van der Waals surface area contributed by atoms with Crippen molar-refractivity contribution in [1.29, 1.82) is 0 Å². The van der Waals surface area contributed by atoms with Crippen LogP contribution in [0.15, 0.2) is 69.4 Å². The molecule has 1 aromatic carbocycles. The lowest BCUT2D eigenvalue weighted by molar-refractivity contribution is -0.121. The van der Waals surface area contributed by atoms with Crippen molar-refractivity contribution in [3.63, 3.8) is 0 Å². The van der Waals surface area contributed by atoms with E-state index in [0.717, 1.165) is 21.7 Å². The van der Waals surface area contributed by atoms with Gasteiger partial charge >= 0.3 is 0 Å². The minimum absolute atomic E-state index is 0.00953. The van der Waals surface area contributed by atoms with E-state index in [4.69, 9.17) is 4.52 Å². The summed E-state index contributed by atoms with van der Waals surface area (Å²) in [5, 5.41) is 9.33. The van der Waals surface area contributed by atoms with Crippen LogP contribution in [-0.2, 0) is 17.9 Å². The molecule has 0 radical (unpaired) electrons. The Morgan fingerprint density at radius 1 is 1.06 bits per heavy atom. The van der Waals surface area contributed by atoms with E-state index < -0.39 is 0 Å². The monoisotopic (exact) mass is 471 g/mol. The summed E-state index contributed by atoms with van der Waals surface area (Å²) in [5.41, 5.74) is 2.93. The fraction of sp³-hybridized carbons (Fsp3) is 0.160. The predicted molar refractivity (Wildman–Crippen MR) is 130 cm³/mol. The summed E-state index contributed by atoms with van der Waals surface area (Å²) >= 11 is 1.58. The van der Waals surface area contributed by atoms with Gasteiger partial charge in [0, 0.05) is 22.3 Å². The average molecular weight is 472 g/mol. The highest BCUT2D eigenvalue weighted by molar-refractivity contribution is 7.09. The van der Waals surface area contributed by atoms with E-state index in [9.17, 15) is 9.59 Å². The van der Waals surface area contributed by atoms with Crippen LogP contribution in [-0.4, -0.2) is 25.6 Å². The van der Waals surface area contributed by atoms with Gasteiger partial charge in [0.15, 0.2) is 0 Å². The van der Waals surface area contributed by atoms with Crippen molar-refractivity contribution >= 4 is 28.3 Å². The summed E-state index contributed by atoms with van der Waals surface area (Å²) in [6.45, 7) is 4.23. The van der Waals surface area contributed by atoms with Crippen molar-refractivity contribution in [3.8, 4) is 22.8 Å². The SMILES string of the molecule is Cc1ccc2c(=O)c(-c3nc(-c4ccccc4C)no3)cn(CC(=O)NCc3cccs3)c2n1. The fourth-order valence-corrected chi connectivity index (χ4v) is 4.35. The number of nitrogens with one attached hydrogen (secondary N) is 1. The van der Waals surface area contributed by atoms with Crippen LogP contribution < -0.4 is 10.7 Å². The molecule has 0 unspecified atom stereocenters. The maximum atomic E-state index is 13.3.